The largest absolute Gasteiger partial charge is 0.490 e. The summed E-state index contributed by atoms with van der Waals surface area (Å²) >= 11 is 12.2. The number of ether oxygens (including phenoxy) is 2. The molecule has 0 N–H and O–H groups in total. The summed E-state index contributed by atoms with van der Waals surface area (Å²) in [6.45, 7) is 1.91. The van der Waals surface area contributed by atoms with Gasteiger partial charge in [-0.15, -0.1) is 0 Å². The maximum absolute atomic E-state index is 12.8. The molecule has 1 aromatic heterocycles. The average molecular weight is 421 g/mol. The topological polar surface area (TPSA) is 51.7 Å². The minimum Gasteiger partial charge on any atom is -0.490 e. The zero-order chi connectivity index (χ0) is 19.5. The van der Waals surface area contributed by atoms with Crippen molar-refractivity contribution in [1.29, 1.82) is 0 Å². The fourth-order valence-electron chi connectivity index (χ4n) is 3.19. The van der Waals surface area contributed by atoms with Gasteiger partial charge in [-0.25, -0.2) is 4.98 Å². The van der Waals surface area contributed by atoms with Crippen molar-refractivity contribution in [3.63, 3.8) is 0 Å². The number of rotatable bonds is 6. The number of nitrogens with zero attached hydrogens (tertiary/aromatic N) is 2. The van der Waals surface area contributed by atoms with E-state index in [-0.39, 0.29) is 12.0 Å². The molecule has 0 radical (unpaired) electrons. The van der Waals surface area contributed by atoms with Crippen LogP contribution in [0.2, 0.25) is 10.0 Å². The summed E-state index contributed by atoms with van der Waals surface area (Å²) in [6.07, 6.45) is 5.59. The van der Waals surface area contributed by atoms with Crippen LogP contribution in [0.5, 0.6) is 11.6 Å². The molecule has 2 aromatic rings. The van der Waals surface area contributed by atoms with Crippen LogP contribution >= 0.6 is 23.2 Å². The van der Waals surface area contributed by atoms with Gasteiger partial charge in [0, 0.05) is 37.2 Å². The number of benzene rings is 1. The molecule has 4 rings (SSSR count). The van der Waals surface area contributed by atoms with Crippen LogP contribution in [-0.2, 0) is 0 Å². The number of amides is 1. The lowest BCUT2D eigenvalue weighted by molar-refractivity contribution is 0.0595. The van der Waals surface area contributed by atoms with Crippen LogP contribution in [-0.4, -0.2) is 41.6 Å². The number of piperidine rings is 1. The smallest absolute Gasteiger partial charge is 0.255 e. The standard InChI is InChI=1S/C21H22Cl2N2O3/c22-16-3-5-17(6-4-16)28-18-7-9-25(10-8-18)21(26)15-11-19(23)20(24-12-15)27-13-14-1-2-14/h3-6,11-12,14,18H,1-2,7-10,13H2. The van der Waals surface area contributed by atoms with E-state index >= 15 is 0 Å². The number of hydrogen-bond donors (Lipinski definition) is 0. The van der Waals surface area contributed by atoms with Crippen molar-refractivity contribution in [2.75, 3.05) is 19.7 Å². The van der Waals surface area contributed by atoms with Gasteiger partial charge in [-0.3, -0.25) is 4.79 Å². The fourth-order valence-corrected chi connectivity index (χ4v) is 3.54. The Kier molecular flexibility index (Phi) is 5.93. The Hall–Kier alpha value is -1.98. The molecular formula is C21H22Cl2N2O3. The summed E-state index contributed by atoms with van der Waals surface area (Å²) in [5.41, 5.74) is 0.487. The van der Waals surface area contributed by atoms with Crippen LogP contribution in [0.1, 0.15) is 36.0 Å². The van der Waals surface area contributed by atoms with Gasteiger partial charge in [-0.05, 0) is 49.1 Å². The second-order valence-corrected chi connectivity index (χ2v) is 8.17. The summed E-state index contributed by atoms with van der Waals surface area (Å²) in [5, 5.41) is 1.07. The summed E-state index contributed by atoms with van der Waals surface area (Å²) < 4.78 is 11.6. The molecule has 0 atom stereocenters. The second kappa shape index (κ2) is 8.58. The Balaban J connectivity index is 1.30. The van der Waals surface area contributed by atoms with E-state index in [4.69, 9.17) is 32.7 Å². The van der Waals surface area contributed by atoms with Crippen molar-refractivity contribution in [2.45, 2.75) is 31.8 Å². The van der Waals surface area contributed by atoms with Crippen LogP contribution in [0.4, 0.5) is 0 Å². The van der Waals surface area contributed by atoms with Crippen molar-refractivity contribution < 1.29 is 14.3 Å². The molecule has 2 aliphatic rings. The van der Waals surface area contributed by atoms with Crippen LogP contribution < -0.4 is 9.47 Å². The van der Waals surface area contributed by atoms with Gasteiger partial charge in [0.15, 0.2) is 0 Å². The minimum atomic E-state index is -0.0620. The average Bonchev–Trinajstić information content (AvgIpc) is 3.53. The van der Waals surface area contributed by atoms with Crippen LogP contribution in [0, 0.1) is 5.92 Å². The van der Waals surface area contributed by atoms with Crippen LogP contribution in [0.3, 0.4) is 0 Å². The van der Waals surface area contributed by atoms with Gasteiger partial charge in [-0.2, -0.15) is 0 Å². The number of carbonyl (C=O) groups is 1. The first kappa shape index (κ1) is 19.3. The van der Waals surface area contributed by atoms with Crippen molar-refractivity contribution in [2.24, 2.45) is 5.92 Å². The van der Waals surface area contributed by atoms with E-state index in [1.165, 1.54) is 12.8 Å². The molecule has 2 heterocycles. The maximum Gasteiger partial charge on any atom is 0.255 e. The van der Waals surface area contributed by atoms with Crippen LogP contribution in [0.15, 0.2) is 36.5 Å². The van der Waals surface area contributed by atoms with E-state index in [0.29, 0.717) is 47.1 Å². The lowest BCUT2D eigenvalue weighted by Gasteiger charge is -2.32. The van der Waals surface area contributed by atoms with Gasteiger partial charge >= 0.3 is 0 Å². The molecule has 148 valence electrons. The van der Waals surface area contributed by atoms with Crippen molar-refractivity contribution in [1.82, 2.24) is 9.88 Å². The molecule has 0 unspecified atom stereocenters. The molecule has 7 heteroatoms. The quantitative estimate of drug-likeness (QED) is 0.669. The predicted octanol–water partition coefficient (Wildman–Crippen LogP) is 4.86. The summed E-state index contributed by atoms with van der Waals surface area (Å²) in [4.78, 5) is 18.8. The zero-order valence-electron chi connectivity index (χ0n) is 15.4. The SMILES string of the molecule is O=C(c1cnc(OCC2CC2)c(Cl)c1)N1CCC(Oc2ccc(Cl)cc2)CC1. The van der Waals surface area contributed by atoms with E-state index in [9.17, 15) is 4.79 Å². The maximum atomic E-state index is 12.8. The van der Waals surface area contributed by atoms with E-state index in [2.05, 4.69) is 4.98 Å². The number of carbonyl (C=O) groups excluding carboxylic acids is 1. The monoisotopic (exact) mass is 420 g/mol. The highest BCUT2D eigenvalue weighted by Crippen LogP contribution is 2.31. The Bertz CT molecular complexity index is 832. The molecule has 1 aliphatic carbocycles. The molecule has 1 saturated carbocycles. The van der Waals surface area contributed by atoms with E-state index in [1.807, 2.05) is 29.2 Å². The lowest BCUT2D eigenvalue weighted by Crippen LogP contribution is -2.41. The van der Waals surface area contributed by atoms with Gasteiger partial charge in [0.25, 0.3) is 5.91 Å². The molecule has 1 saturated heterocycles. The summed E-state index contributed by atoms with van der Waals surface area (Å²) in [7, 11) is 0. The second-order valence-electron chi connectivity index (χ2n) is 7.33. The third kappa shape index (κ3) is 4.89. The first-order valence-electron chi connectivity index (χ1n) is 9.58. The molecule has 0 bridgehead atoms. The van der Waals surface area contributed by atoms with Gasteiger partial charge in [-0.1, -0.05) is 23.2 Å². The molecule has 1 aliphatic heterocycles. The van der Waals surface area contributed by atoms with Gasteiger partial charge < -0.3 is 14.4 Å². The first-order valence-corrected chi connectivity index (χ1v) is 10.3. The predicted molar refractivity (Wildman–Crippen MR) is 108 cm³/mol. The number of hydrogen-bond acceptors (Lipinski definition) is 4. The Morgan fingerprint density at radius 3 is 2.46 bits per heavy atom. The molecule has 5 nitrogen and oxygen atoms in total. The lowest BCUT2D eigenvalue weighted by atomic mass is 10.1. The Labute approximate surface area is 174 Å². The first-order chi connectivity index (χ1) is 13.6. The normalized spacial score (nSPS) is 17.4. The highest BCUT2D eigenvalue weighted by atomic mass is 35.5. The number of aromatic nitrogens is 1. The van der Waals surface area contributed by atoms with Crippen molar-refractivity contribution >= 4 is 29.1 Å². The zero-order valence-corrected chi connectivity index (χ0v) is 17.0. The molecule has 1 aromatic carbocycles. The molecule has 0 spiro atoms. The molecule has 1 amide bonds. The van der Waals surface area contributed by atoms with Crippen molar-refractivity contribution in [3.8, 4) is 11.6 Å². The van der Waals surface area contributed by atoms with Crippen LogP contribution in [0.25, 0.3) is 0 Å². The van der Waals surface area contributed by atoms with Gasteiger partial charge in [0.2, 0.25) is 5.88 Å². The minimum absolute atomic E-state index is 0.0620. The van der Waals surface area contributed by atoms with Gasteiger partial charge in [0.05, 0.1) is 12.2 Å². The Morgan fingerprint density at radius 1 is 1.11 bits per heavy atom. The summed E-state index contributed by atoms with van der Waals surface area (Å²) in [5.74, 6) is 1.76. The van der Waals surface area contributed by atoms with Gasteiger partial charge in [0.1, 0.15) is 16.9 Å². The highest BCUT2D eigenvalue weighted by molar-refractivity contribution is 6.32. The molecule has 28 heavy (non-hydrogen) atoms. The van der Waals surface area contributed by atoms with E-state index in [0.717, 1.165) is 18.6 Å². The third-order valence-electron chi connectivity index (χ3n) is 5.05. The number of halogens is 2. The fraction of sp³-hybridized carbons (Fsp3) is 0.429. The highest BCUT2D eigenvalue weighted by Gasteiger charge is 2.26. The van der Waals surface area contributed by atoms with Crippen molar-refractivity contribution in [3.05, 3.63) is 52.1 Å². The van der Waals surface area contributed by atoms with E-state index < -0.39 is 0 Å². The summed E-state index contributed by atoms with van der Waals surface area (Å²) in [6, 6.07) is 8.99. The third-order valence-corrected chi connectivity index (χ3v) is 5.58. The Morgan fingerprint density at radius 2 is 1.82 bits per heavy atom. The number of likely N-dealkylation sites (tertiary alicyclic amines) is 1. The van der Waals surface area contributed by atoms with E-state index in [1.54, 1.807) is 12.3 Å². The molecular weight excluding hydrogens is 399 g/mol. The molecule has 2 fully saturated rings. The number of pyridine rings is 1.